The number of aromatic nitrogens is 1. The van der Waals surface area contributed by atoms with Gasteiger partial charge in [0.2, 0.25) is 40.7 Å². The van der Waals surface area contributed by atoms with Crippen molar-refractivity contribution in [3.63, 3.8) is 0 Å². The van der Waals surface area contributed by atoms with Crippen molar-refractivity contribution < 1.29 is 40.7 Å². The number of carbonyl (C=O) groups excluding carboxylic acids is 2. The van der Waals surface area contributed by atoms with Gasteiger partial charge >= 0.3 is 5.97 Å². The number of nitrogens with zero attached hydrogens (tertiary/aromatic N) is 1. The summed E-state index contributed by atoms with van der Waals surface area (Å²) < 4.78 is 87.7. The van der Waals surface area contributed by atoms with Crippen molar-refractivity contribution in [3.05, 3.63) is 135 Å². The number of amides is 1. The van der Waals surface area contributed by atoms with Crippen molar-refractivity contribution in [3.8, 4) is 5.75 Å². The Hall–Kier alpha value is -4.48. The minimum absolute atomic E-state index is 0.126. The van der Waals surface area contributed by atoms with Crippen LogP contribution in [0.3, 0.4) is 0 Å². The largest absolute Gasteiger partial charge is 0.419 e. The lowest BCUT2D eigenvalue weighted by Gasteiger charge is -2.27. The van der Waals surface area contributed by atoms with Gasteiger partial charge in [-0.2, -0.15) is 8.78 Å². The first-order valence-electron chi connectivity index (χ1n) is 14.6. The predicted molar refractivity (Wildman–Crippen MR) is 171 cm³/mol. The molecule has 6 rings (SSSR count). The van der Waals surface area contributed by atoms with Crippen LogP contribution in [0.15, 0.2) is 79.0 Å². The maximum absolute atomic E-state index is 14.2. The highest BCUT2D eigenvalue weighted by Gasteiger charge is 2.51. The van der Waals surface area contributed by atoms with Gasteiger partial charge in [0.1, 0.15) is 5.82 Å². The summed E-state index contributed by atoms with van der Waals surface area (Å²) in [6.45, 7) is 3.55. The molecule has 0 bridgehead atoms. The molecule has 1 aromatic heterocycles. The summed E-state index contributed by atoms with van der Waals surface area (Å²) in [5.74, 6) is -16.0. The zero-order valence-electron chi connectivity index (χ0n) is 25.5. The molecule has 0 radical (unpaired) electrons. The first kappa shape index (κ1) is 36.4. The Balaban J connectivity index is 0.000000363. The number of halogens is 8. The number of nitrogens with one attached hydrogen (secondary N) is 1. The van der Waals surface area contributed by atoms with E-state index in [9.17, 15) is 35.9 Å². The van der Waals surface area contributed by atoms with Crippen LogP contribution < -0.4 is 4.74 Å². The zero-order valence-corrected chi connectivity index (χ0v) is 27.0. The predicted octanol–water partition coefficient (Wildman–Crippen LogP) is 9.59. The van der Waals surface area contributed by atoms with Crippen LogP contribution in [0.4, 0.5) is 26.3 Å². The van der Waals surface area contributed by atoms with E-state index in [-0.39, 0.29) is 24.5 Å². The van der Waals surface area contributed by atoms with E-state index >= 15 is 0 Å². The minimum atomic E-state index is -2.40. The number of fused-ring (bicyclic) bond motifs is 1. The molecule has 1 unspecified atom stereocenters. The summed E-state index contributed by atoms with van der Waals surface area (Å²) >= 11 is 11.4. The van der Waals surface area contributed by atoms with Crippen LogP contribution >= 0.6 is 23.2 Å². The van der Waals surface area contributed by atoms with Crippen molar-refractivity contribution >= 4 is 46.0 Å². The lowest BCUT2D eigenvalue weighted by molar-refractivity contribution is -0.146. The fourth-order valence-corrected chi connectivity index (χ4v) is 5.41. The van der Waals surface area contributed by atoms with Crippen LogP contribution in [-0.2, 0) is 22.6 Å². The minimum Gasteiger partial charge on any atom is -0.419 e. The fourth-order valence-electron chi connectivity index (χ4n) is 5.12. The molecule has 5 nitrogen and oxygen atoms in total. The third kappa shape index (κ3) is 7.96. The van der Waals surface area contributed by atoms with E-state index in [1.807, 2.05) is 44.3 Å². The molecule has 48 heavy (non-hydrogen) atoms. The van der Waals surface area contributed by atoms with Gasteiger partial charge in [-0.25, -0.2) is 17.6 Å². The Morgan fingerprint density at radius 1 is 0.833 bits per heavy atom. The topological polar surface area (TPSA) is 62.4 Å². The van der Waals surface area contributed by atoms with Crippen molar-refractivity contribution in [1.82, 2.24) is 9.88 Å². The molecule has 5 aromatic rings. The summed E-state index contributed by atoms with van der Waals surface area (Å²) in [6, 6.07) is 20.0. The van der Waals surface area contributed by atoms with Gasteiger partial charge in [-0.15, -0.1) is 0 Å². The lowest BCUT2D eigenvalue weighted by Crippen LogP contribution is -2.40. The normalized spacial score (nSPS) is 15.5. The SMILES string of the molecule is CC.Clc1ccc2cc[nH]c2c1.O=C1CC(Cc2ccccc2)(C(=O)Oc2c(F)c(F)c(F)c(F)c2F)CN1Cc1ccc(Cl)c(F)c1. The maximum Gasteiger partial charge on any atom is 0.320 e. The monoisotopic (exact) mass is 708 g/mol. The van der Waals surface area contributed by atoms with Gasteiger partial charge in [0.25, 0.3) is 0 Å². The Morgan fingerprint density at radius 2 is 1.48 bits per heavy atom. The number of aromatic amines is 1. The average Bonchev–Trinajstić information content (AvgIpc) is 3.68. The maximum atomic E-state index is 14.2. The van der Waals surface area contributed by atoms with Gasteiger partial charge in [-0.05, 0) is 53.3 Å². The Bertz CT molecular complexity index is 1910. The quantitative estimate of drug-likeness (QED) is 0.0628. The molecule has 1 fully saturated rings. The molecule has 4 aromatic carbocycles. The summed E-state index contributed by atoms with van der Waals surface area (Å²) in [5.41, 5.74) is 0.268. The Labute approximate surface area is 282 Å². The first-order valence-corrected chi connectivity index (χ1v) is 15.4. The van der Waals surface area contributed by atoms with Gasteiger partial charge in [0.05, 0.1) is 10.4 Å². The van der Waals surface area contributed by atoms with E-state index in [4.69, 9.17) is 27.9 Å². The highest BCUT2D eigenvalue weighted by molar-refractivity contribution is 6.31. The average molecular weight is 710 g/mol. The number of likely N-dealkylation sites (tertiary alicyclic amines) is 1. The lowest BCUT2D eigenvalue weighted by atomic mass is 9.80. The molecular weight excluding hydrogens is 681 g/mol. The number of carbonyl (C=O) groups is 2. The molecule has 0 saturated carbocycles. The first-order chi connectivity index (χ1) is 22.9. The standard InChI is InChI=1S/C25H16ClF6NO3.C8H6ClN.C2H6/c26-15-7-6-14(8-16(15)27)11-33-12-25(10-17(33)34,9-13-4-2-1-3-5-13)24(35)36-23-21(31)19(29)18(28)20(30)22(23)32;9-7-2-1-6-3-4-10-8(6)5-7;1-2/h1-8H,9-12H2;1-5,10H;1-2H3. The number of ether oxygens (including phenoxy) is 1. The molecule has 0 aliphatic carbocycles. The smallest absolute Gasteiger partial charge is 0.320 e. The summed E-state index contributed by atoms with van der Waals surface area (Å²) in [7, 11) is 0. The highest BCUT2D eigenvalue weighted by atomic mass is 35.5. The van der Waals surface area contributed by atoms with Crippen molar-refractivity contribution in [2.75, 3.05) is 6.54 Å². The van der Waals surface area contributed by atoms with Crippen LogP contribution in [0, 0.1) is 40.3 Å². The molecule has 1 atom stereocenters. The van der Waals surface area contributed by atoms with Crippen LogP contribution in [-0.4, -0.2) is 28.3 Å². The van der Waals surface area contributed by atoms with Crippen LogP contribution in [0.1, 0.15) is 31.4 Å². The molecule has 1 saturated heterocycles. The van der Waals surface area contributed by atoms with E-state index in [2.05, 4.69) is 4.98 Å². The molecule has 1 N–H and O–H groups in total. The van der Waals surface area contributed by atoms with Gasteiger partial charge in [-0.1, -0.05) is 79.5 Å². The summed E-state index contributed by atoms with van der Waals surface area (Å²) in [5, 5.41) is 1.84. The molecule has 13 heteroatoms. The number of H-pyrrole nitrogens is 1. The van der Waals surface area contributed by atoms with Gasteiger partial charge in [0, 0.05) is 36.2 Å². The molecule has 2 heterocycles. The number of benzene rings is 4. The second kappa shape index (κ2) is 15.6. The molecule has 252 valence electrons. The molecule has 1 amide bonds. The zero-order chi connectivity index (χ0) is 35.2. The molecular formula is C35H28Cl2F6N2O3. The second-order valence-corrected chi connectivity index (χ2v) is 11.5. The second-order valence-electron chi connectivity index (χ2n) is 10.6. The van der Waals surface area contributed by atoms with Gasteiger partial charge in [0.15, 0.2) is 0 Å². The highest BCUT2D eigenvalue weighted by Crippen LogP contribution is 2.39. The van der Waals surface area contributed by atoms with E-state index in [0.717, 1.165) is 16.6 Å². The molecule has 1 aliphatic heterocycles. The number of hydrogen-bond acceptors (Lipinski definition) is 3. The number of rotatable bonds is 6. The van der Waals surface area contributed by atoms with E-state index in [0.29, 0.717) is 11.1 Å². The number of hydrogen-bond donors (Lipinski definition) is 1. The summed E-state index contributed by atoms with van der Waals surface area (Å²) in [4.78, 5) is 30.4. The fraction of sp³-hybridized carbons (Fsp3) is 0.200. The van der Waals surface area contributed by atoms with E-state index < -0.39 is 64.4 Å². The van der Waals surface area contributed by atoms with Crippen LogP contribution in [0.5, 0.6) is 5.75 Å². The van der Waals surface area contributed by atoms with Crippen LogP contribution in [0.2, 0.25) is 10.0 Å². The van der Waals surface area contributed by atoms with E-state index in [1.165, 1.54) is 22.4 Å². The third-order valence-electron chi connectivity index (χ3n) is 7.39. The van der Waals surface area contributed by atoms with Gasteiger partial charge in [-0.3, -0.25) is 9.59 Å². The number of esters is 1. The van der Waals surface area contributed by atoms with Crippen molar-refractivity contribution in [2.24, 2.45) is 5.41 Å². The van der Waals surface area contributed by atoms with Crippen LogP contribution in [0.25, 0.3) is 10.9 Å². The van der Waals surface area contributed by atoms with E-state index in [1.54, 1.807) is 30.3 Å². The van der Waals surface area contributed by atoms with Crippen molar-refractivity contribution in [1.29, 1.82) is 0 Å². The Kier molecular flexibility index (Phi) is 11.8. The third-order valence-corrected chi connectivity index (χ3v) is 7.93. The summed E-state index contributed by atoms with van der Waals surface area (Å²) in [6.07, 6.45) is 1.28. The molecule has 1 aliphatic rings. The van der Waals surface area contributed by atoms with Crippen molar-refractivity contribution in [2.45, 2.75) is 33.2 Å². The molecule has 0 spiro atoms. The van der Waals surface area contributed by atoms with Gasteiger partial charge < -0.3 is 14.6 Å². The Morgan fingerprint density at radius 3 is 2.12 bits per heavy atom.